The molecule has 2 rings (SSSR count). The van der Waals surface area contributed by atoms with Crippen LogP contribution in [0.25, 0.3) is 0 Å². The minimum Gasteiger partial charge on any atom is -0.337 e. The molecule has 1 aliphatic rings. The molecule has 1 fully saturated rings. The maximum Gasteiger partial charge on any atom is 0.122 e. The summed E-state index contributed by atoms with van der Waals surface area (Å²) in [5.74, 6) is 1.79. The van der Waals surface area contributed by atoms with E-state index in [0.29, 0.717) is 12.0 Å². The second-order valence-corrected chi connectivity index (χ2v) is 4.81. The average molecular weight is 222 g/mol. The van der Waals surface area contributed by atoms with Crippen molar-refractivity contribution in [2.75, 3.05) is 13.1 Å². The largest absolute Gasteiger partial charge is 0.337 e. The normalized spacial score (nSPS) is 27.2. The summed E-state index contributed by atoms with van der Waals surface area (Å²) in [6, 6.07) is 0.391. The van der Waals surface area contributed by atoms with Crippen LogP contribution in [0.3, 0.4) is 0 Å². The van der Waals surface area contributed by atoms with Crippen LogP contribution in [0.5, 0.6) is 0 Å². The highest BCUT2D eigenvalue weighted by atomic mass is 15.2. The molecule has 0 saturated carbocycles. The molecule has 1 aromatic rings. The molecule has 0 bridgehead atoms. The highest BCUT2D eigenvalue weighted by molar-refractivity contribution is 4.92. The standard InChI is InChI=1S/C12H22N4/c1-3-10-8-16(6-4-11(10)13)9-12-14-5-7-15(12)2/h5,7,10-11H,3-4,6,8-9,13H2,1-2H3. The highest BCUT2D eigenvalue weighted by Crippen LogP contribution is 2.19. The molecule has 1 aromatic heterocycles. The maximum absolute atomic E-state index is 6.11. The van der Waals surface area contributed by atoms with Crippen molar-refractivity contribution in [1.82, 2.24) is 14.5 Å². The van der Waals surface area contributed by atoms with E-state index in [1.807, 2.05) is 12.4 Å². The Morgan fingerprint density at radius 2 is 2.38 bits per heavy atom. The van der Waals surface area contributed by atoms with Gasteiger partial charge in [-0.3, -0.25) is 4.90 Å². The number of imidazole rings is 1. The van der Waals surface area contributed by atoms with Gasteiger partial charge in [-0.15, -0.1) is 0 Å². The monoisotopic (exact) mass is 222 g/mol. The second-order valence-electron chi connectivity index (χ2n) is 4.81. The number of nitrogens with zero attached hydrogens (tertiary/aromatic N) is 3. The predicted octanol–water partition coefficient (Wildman–Crippen LogP) is 0.979. The molecule has 90 valence electrons. The topological polar surface area (TPSA) is 47.1 Å². The number of likely N-dealkylation sites (tertiary alicyclic amines) is 1. The molecular formula is C12H22N4. The number of piperidine rings is 1. The first-order valence-corrected chi connectivity index (χ1v) is 6.14. The lowest BCUT2D eigenvalue weighted by atomic mass is 9.91. The van der Waals surface area contributed by atoms with Crippen molar-refractivity contribution in [2.45, 2.75) is 32.4 Å². The number of aromatic nitrogens is 2. The Kier molecular flexibility index (Phi) is 3.61. The Hall–Kier alpha value is -0.870. The molecule has 4 nitrogen and oxygen atoms in total. The molecule has 1 aliphatic heterocycles. The van der Waals surface area contributed by atoms with Crippen LogP contribution in [-0.2, 0) is 13.6 Å². The van der Waals surface area contributed by atoms with Crippen LogP contribution in [0.15, 0.2) is 12.4 Å². The van der Waals surface area contributed by atoms with Crippen LogP contribution in [0.4, 0.5) is 0 Å². The van der Waals surface area contributed by atoms with E-state index < -0.39 is 0 Å². The SMILES string of the molecule is CCC1CN(Cc2nccn2C)CCC1N. The van der Waals surface area contributed by atoms with Gasteiger partial charge in [0.25, 0.3) is 0 Å². The van der Waals surface area contributed by atoms with Crippen molar-refractivity contribution in [3.05, 3.63) is 18.2 Å². The fourth-order valence-corrected chi connectivity index (χ4v) is 2.45. The zero-order valence-electron chi connectivity index (χ0n) is 10.3. The van der Waals surface area contributed by atoms with Gasteiger partial charge in [-0.1, -0.05) is 13.3 Å². The molecule has 2 atom stereocenters. The Balaban J connectivity index is 1.94. The van der Waals surface area contributed by atoms with E-state index in [1.165, 1.54) is 6.42 Å². The van der Waals surface area contributed by atoms with E-state index in [1.54, 1.807) is 0 Å². The van der Waals surface area contributed by atoms with Gasteiger partial charge in [0, 0.05) is 38.6 Å². The van der Waals surface area contributed by atoms with E-state index in [4.69, 9.17) is 5.73 Å². The van der Waals surface area contributed by atoms with Gasteiger partial charge < -0.3 is 10.3 Å². The van der Waals surface area contributed by atoms with E-state index >= 15 is 0 Å². The first kappa shape index (κ1) is 11.6. The van der Waals surface area contributed by atoms with E-state index in [9.17, 15) is 0 Å². The Bertz CT molecular complexity index is 334. The number of aryl methyl sites for hydroxylation is 1. The van der Waals surface area contributed by atoms with E-state index in [0.717, 1.165) is 31.9 Å². The van der Waals surface area contributed by atoms with Crippen molar-refractivity contribution in [1.29, 1.82) is 0 Å². The van der Waals surface area contributed by atoms with Crippen LogP contribution in [0.2, 0.25) is 0 Å². The van der Waals surface area contributed by atoms with Crippen molar-refractivity contribution in [3.63, 3.8) is 0 Å². The summed E-state index contributed by atoms with van der Waals surface area (Å²) >= 11 is 0. The summed E-state index contributed by atoms with van der Waals surface area (Å²) in [7, 11) is 2.05. The van der Waals surface area contributed by atoms with Crippen molar-refractivity contribution in [3.8, 4) is 0 Å². The van der Waals surface area contributed by atoms with Crippen LogP contribution < -0.4 is 5.73 Å². The maximum atomic E-state index is 6.11. The van der Waals surface area contributed by atoms with Crippen molar-refractivity contribution in [2.24, 2.45) is 18.7 Å². The van der Waals surface area contributed by atoms with Crippen LogP contribution in [0, 0.1) is 5.92 Å². The molecule has 0 aromatic carbocycles. The molecule has 0 radical (unpaired) electrons. The van der Waals surface area contributed by atoms with Gasteiger partial charge in [-0.05, 0) is 12.3 Å². The lowest BCUT2D eigenvalue weighted by Crippen LogP contribution is -2.46. The van der Waals surface area contributed by atoms with Gasteiger partial charge in [-0.2, -0.15) is 0 Å². The number of nitrogens with two attached hydrogens (primary N) is 1. The summed E-state index contributed by atoms with van der Waals surface area (Å²) in [5, 5.41) is 0. The third-order valence-corrected chi connectivity index (χ3v) is 3.69. The molecule has 2 heterocycles. The smallest absolute Gasteiger partial charge is 0.122 e. The Morgan fingerprint density at radius 1 is 1.56 bits per heavy atom. The number of rotatable bonds is 3. The van der Waals surface area contributed by atoms with Gasteiger partial charge in [0.05, 0.1) is 6.54 Å². The molecule has 16 heavy (non-hydrogen) atoms. The lowest BCUT2D eigenvalue weighted by Gasteiger charge is -2.36. The highest BCUT2D eigenvalue weighted by Gasteiger charge is 2.25. The van der Waals surface area contributed by atoms with Gasteiger partial charge in [0.1, 0.15) is 5.82 Å². The predicted molar refractivity (Wildman–Crippen MR) is 64.9 cm³/mol. The van der Waals surface area contributed by atoms with Crippen LogP contribution in [0.1, 0.15) is 25.6 Å². The lowest BCUT2D eigenvalue weighted by molar-refractivity contribution is 0.141. The first-order valence-electron chi connectivity index (χ1n) is 6.14. The zero-order valence-corrected chi connectivity index (χ0v) is 10.3. The van der Waals surface area contributed by atoms with Crippen LogP contribution in [-0.4, -0.2) is 33.6 Å². The van der Waals surface area contributed by atoms with Crippen molar-refractivity contribution >= 4 is 0 Å². The molecule has 2 N–H and O–H groups in total. The molecule has 2 unspecified atom stereocenters. The van der Waals surface area contributed by atoms with Gasteiger partial charge >= 0.3 is 0 Å². The van der Waals surface area contributed by atoms with E-state index in [2.05, 4.69) is 28.4 Å². The molecule has 4 heteroatoms. The fraction of sp³-hybridized carbons (Fsp3) is 0.750. The summed E-state index contributed by atoms with van der Waals surface area (Å²) in [5.41, 5.74) is 6.11. The average Bonchev–Trinajstić information content (AvgIpc) is 2.67. The number of hydrogen-bond donors (Lipinski definition) is 1. The summed E-state index contributed by atoms with van der Waals surface area (Å²) in [6.07, 6.45) is 6.16. The quantitative estimate of drug-likeness (QED) is 0.829. The molecular weight excluding hydrogens is 200 g/mol. The van der Waals surface area contributed by atoms with Gasteiger partial charge in [0.2, 0.25) is 0 Å². The fourth-order valence-electron chi connectivity index (χ4n) is 2.45. The third-order valence-electron chi connectivity index (χ3n) is 3.69. The Morgan fingerprint density at radius 3 is 3.00 bits per heavy atom. The zero-order chi connectivity index (χ0) is 11.5. The minimum atomic E-state index is 0.391. The van der Waals surface area contributed by atoms with Gasteiger partial charge in [-0.25, -0.2) is 4.98 Å². The first-order chi connectivity index (χ1) is 7.70. The third kappa shape index (κ3) is 2.44. The Labute approximate surface area is 97.4 Å². The minimum absolute atomic E-state index is 0.391. The molecule has 1 saturated heterocycles. The summed E-state index contributed by atoms with van der Waals surface area (Å²) < 4.78 is 2.09. The van der Waals surface area contributed by atoms with E-state index in [-0.39, 0.29) is 0 Å². The number of hydrogen-bond acceptors (Lipinski definition) is 3. The van der Waals surface area contributed by atoms with Crippen molar-refractivity contribution < 1.29 is 0 Å². The second kappa shape index (κ2) is 4.97. The molecule has 0 amide bonds. The molecule has 0 spiro atoms. The van der Waals surface area contributed by atoms with Gasteiger partial charge in [0.15, 0.2) is 0 Å². The van der Waals surface area contributed by atoms with Crippen LogP contribution >= 0.6 is 0 Å². The summed E-state index contributed by atoms with van der Waals surface area (Å²) in [4.78, 5) is 6.84. The molecule has 0 aliphatic carbocycles. The summed E-state index contributed by atoms with van der Waals surface area (Å²) in [6.45, 7) is 5.40.